The molecule has 2 saturated carbocycles. The zero-order valence-corrected chi connectivity index (χ0v) is 12.5. The third-order valence-corrected chi connectivity index (χ3v) is 6.27. The van der Waals surface area contributed by atoms with Crippen LogP contribution in [0.5, 0.6) is 0 Å². The van der Waals surface area contributed by atoms with Crippen LogP contribution >= 0.6 is 0 Å². The first-order valence-corrected chi connectivity index (χ1v) is 8.77. The first kappa shape index (κ1) is 14.5. The number of hydrogen-bond acceptors (Lipinski definition) is 3. The summed E-state index contributed by atoms with van der Waals surface area (Å²) in [5.74, 6) is 0.858. The first-order chi connectivity index (χ1) is 9.95. The van der Waals surface area contributed by atoms with E-state index in [9.17, 15) is 13.2 Å². The van der Waals surface area contributed by atoms with Crippen LogP contribution in [0.3, 0.4) is 0 Å². The number of fused-ring (bicyclic) bond motifs is 2. The summed E-state index contributed by atoms with van der Waals surface area (Å²) in [5, 5.41) is 8.82. The van der Waals surface area contributed by atoms with Gasteiger partial charge < -0.3 is 5.11 Å². The molecule has 0 radical (unpaired) electrons. The van der Waals surface area contributed by atoms with E-state index in [2.05, 4.69) is 4.72 Å². The lowest BCUT2D eigenvalue weighted by atomic mass is 9.89. The van der Waals surface area contributed by atoms with Crippen molar-refractivity contribution in [2.24, 2.45) is 17.8 Å². The third kappa shape index (κ3) is 2.96. The fourth-order valence-electron chi connectivity index (χ4n) is 3.70. The maximum absolute atomic E-state index is 12.2. The van der Waals surface area contributed by atoms with Crippen molar-refractivity contribution in [3.8, 4) is 0 Å². The fraction of sp³-hybridized carbons (Fsp3) is 0.533. The number of carboxylic acids is 1. The lowest BCUT2D eigenvalue weighted by molar-refractivity contribution is 0.0696. The van der Waals surface area contributed by atoms with Crippen LogP contribution in [0.4, 0.5) is 0 Å². The van der Waals surface area contributed by atoms with Gasteiger partial charge in [0.15, 0.2) is 0 Å². The largest absolute Gasteiger partial charge is 0.478 e. The van der Waals surface area contributed by atoms with E-state index >= 15 is 0 Å². The van der Waals surface area contributed by atoms with Gasteiger partial charge in [-0.3, -0.25) is 0 Å². The van der Waals surface area contributed by atoms with Gasteiger partial charge in [-0.25, -0.2) is 17.9 Å². The van der Waals surface area contributed by atoms with Crippen molar-refractivity contribution in [2.45, 2.75) is 30.6 Å². The van der Waals surface area contributed by atoms with E-state index in [0.29, 0.717) is 18.4 Å². The number of carboxylic acid groups (broad SMARTS) is 1. The molecule has 6 heteroatoms. The minimum atomic E-state index is -3.55. The molecule has 3 rings (SSSR count). The van der Waals surface area contributed by atoms with Crippen LogP contribution in [0, 0.1) is 17.8 Å². The van der Waals surface area contributed by atoms with Crippen LogP contribution in [0.15, 0.2) is 29.2 Å². The molecule has 114 valence electrons. The van der Waals surface area contributed by atoms with Crippen molar-refractivity contribution in [3.05, 3.63) is 29.8 Å². The Balaban J connectivity index is 1.65. The van der Waals surface area contributed by atoms with E-state index in [1.54, 1.807) is 0 Å². The number of carbonyl (C=O) groups is 1. The number of hydrogen-bond donors (Lipinski definition) is 2. The summed E-state index contributed by atoms with van der Waals surface area (Å²) in [5.41, 5.74) is 0.0852. The van der Waals surface area contributed by atoms with Crippen LogP contribution in [-0.4, -0.2) is 26.0 Å². The number of rotatable bonds is 5. The standard InChI is InChI=1S/C15H19NO4S/c17-15(18)11-3-5-14(6-4-11)21(19,20)16-9-13-8-10-1-2-12(13)7-10/h3-6,10,12-13,16H,1-2,7-9H2,(H,17,18). The van der Waals surface area contributed by atoms with Crippen molar-refractivity contribution < 1.29 is 18.3 Å². The van der Waals surface area contributed by atoms with Crippen molar-refractivity contribution in [1.29, 1.82) is 0 Å². The molecule has 0 aromatic heterocycles. The normalized spacial score (nSPS) is 27.9. The summed E-state index contributed by atoms with van der Waals surface area (Å²) in [4.78, 5) is 10.9. The predicted octanol–water partition coefficient (Wildman–Crippen LogP) is 2.10. The highest BCUT2D eigenvalue weighted by Crippen LogP contribution is 2.48. The Labute approximate surface area is 124 Å². The molecule has 3 unspecified atom stereocenters. The number of sulfonamides is 1. The molecule has 0 spiro atoms. The van der Waals surface area contributed by atoms with Gasteiger partial charge in [-0.2, -0.15) is 0 Å². The molecule has 21 heavy (non-hydrogen) atoms. The van der Waals surface area contributed by atoms with E-state index in [4.69, 9.17) is 5.11 Å². The zero-order valence-electron chi connectivity index (χ0n) is 11.7. The Hall–Kier alpha value is -1.40. The second-order valence-corrected chi connectivity index (χ2v) is 7.88. The van der Waals surface area contributed by atoms with Crippen molar-refractivity contribution in [2.75, 3.05) is 6.54 Å². The molecule has 3 atom stereocenters. The molecule has 0 heterocycles. The smallest absolute Gasteiger partial charge is 0.335 e. The Morgan fingerprint density at radius 2 is 1.90 bits per heavy atom. The Morgan fingerprint density at radius 1 is 1.19 bits per heavy atom. The second-order valence-electron chi connectivity index (χ2n) is 6.12. The topological polar surface area (TPSA) is 83.5 Å². The minimum Gasteiger partial charge on any atom is -0.478 e. The van der Waals surface area contributed by atoms with E-state index in [1.165, 1.54) is 43.5 Å². The molecule has 2 bridgehead atoms. The van der Waals surface area contributed by atoms with Gasteiger partial charge in [0.2, 0.25) is 10.0 Å². The Morgan fingerprint density at radius 3 is 2.43 bits per heavy atom. The molecule has 0 saturated heterocycles. The Bertz CT molecular complexity index is 638. The molecule has 2 fully saturated rings. The van der Waals surface area contributed by atoms with E-state index < -0.39 is 16.0 Å². The van der Waals surface area contributed by atoms with Crippen LogP contribution < -0.4 is 4.72 Å². The average Bonchev–Trinajstić information content (AvgIpc) is 3.08. The van der Waals surface area contributed by atoms with Gasteiger partial charge in [-0.05, 0) is 61.3 Å². The quantitative estimate of drug-likeness (QED) is 0.872. The number of aromatic carboxylic acids is 1. The summed E-state index contributed by atoms with van der Waals surface area (Å²) < 4.78 is 27.1. The zero-order chi connectivity index (χ0) is 15.0. The highest BCUT2D eigenvalue weighted by molar-refractivity contribution is 7.89. The molecule has 1 aromatic carbocycles. The monoisotopic (exact) mass is 309 g/mol. The van der Waals surface area contributed by atoms with Gasteiger partial charge in [-0.1, -0.05) is 6.42 Å². The van der Waals surface area contributed by atoms with Gasteiger partial charge in [0, 0.05) is 6.54 Å². The van der Waals surface area contributed by atoms with Crippen molar-refractivity contribution in [3.63, 3.8) is 0 Å². The summed E-state index contributed by atoms with van der Waals surface area (Å²) >= 11 is 0. The van der Waals surface area contributed by atoms with Crippen LogP contribution in [0.25, 0.3) is 0 Å². The molecule has 2 N–H and O–H groups in total. The molecule has 1 aromatic rings. The summed E-state index contributed by atoms with van der Waals surface area (Å²) in [6.45, 7) is 0.490. The maximum atomic E-state index is 12.2. The first-order valence-electron chi connectivity index (χ1n) is 7.29. The van der Waals surface area contributed by atoms with Crippen LogP contribution in [0.2, 0.25) is 0 Å². The highest BCUT2D eigenvalue weighted by atomic mass is 32.2. The molecule has 2 aliphatic rings. The predicted molar refractivity (Wildman–Crippen MR) is 77.5 cm³/mol. The van der Waals surface area contributed by atoms with Crippen LogP contribution in [-0.2, 0) is 10.0 Å². The van der Waals surface area contributed by atoms with Gasteiger partial charge >= 0.3 is 5.97 Å². The maximum Gasteiger partial charge on any atom is 0.335 e. The highest BCUT2D eigenvalue weighted by Gasteiger charge is 2.39. The fourth-order valence-corrected chi connectivity index (χ4v) is 4.80. The molecule has 0 amide bonds. The van der Waals surface area contributed by atoms with E-state index in [0.717, 1.165) is 12.3 Å². The summed E-state index contributed by atoms with van der Waals surface area (Å²) in [6.07, 6.45) is 4.90. The molecule has 2 aliphatic carbocycles. The molecular formula is C15H19NO4S. The van der Waals surface area contributed by atoms with Crippen molar-refractivity contribution >= 4 is 16.0 Å². The lowest BCUT2D eigenvalue weighted by Crippen LogP contribution is -2.31. The van der Waals surface area contributed by atoms with Gasteiger partial charge in [-0.15, -0.1) is 0 Å². The van der Waals surface area contributed by atoms with E-state index in [-0.39, 0.29) is 10.5 Å². The Kier molecular flexibility index (Phi) is 3.75. The van der Waals surface area contributed by atoms with Crippen molar-refractivity contribution in [1.82, 2.24) is 4.72 Å². The molecule has 0 aliphatic heterocycles. The van der Waals surface area contributed by atoms with Crippen LogP contribution in [0.1, 0.15) is 36.0 Å². The lowest BCUT2D eigenvalue weighted by Gasteiger charge is -2.21. The SMILES string of the molecule is O=C(O)c1ccc(S(=O)(=O)NCC2CC3CCC2C3)cc1. The average molecular weight is 309 g/mol. The number of nitrogens with one attached hydrogen (secondary N) is 1. The van der Waals surface area contributed by atoms with Gasteiger partial charge in [0.25, 0.3) is 0 Å². The molecular weight excluding hydrogens is 290 g/mol. The molecule has 5 nitrogen and oxygen atoms in total. The third-order valence-electron chi connectivity index (χ3n) is 4.83. The second kappa shape index (κ2) is 5.42. The summed E-state index contributed by atoms with van der Waals surface area (Å²) in [7, 11) is -3.55. The number of benzene rings is 1. The summed E-state index contributed by atoms with van der Waals surface area (Å²) in [6, 6.07) is 5.31. The minimum absolute atomic E-state index is 0.0852. The van der Waals surface area contributed by atoms with Gasteiger partial charge in [0.1, 0.15) is 0 Å². The van der Waals surface area contributed by atoms with E-state index in [1.807, 2.05) is 0 Å². The van der Waals surface area contributed by atoms with Gasteiger partial charge in [0.05, 0.1) is 10.5 Å².